The number of benzene rings is 2. The summed E-state index contributed by atoms with van der Waals surface area (Å²) >= 11 is 3.37. The molecule has 0 aliphatic carbocycles. The van der Waals surface area contributed by atoms with Gasteiger partial charge in [-0.25, -0.2) is 9.37 Å². The average Bonchev–Trinajstić information content (AvgIpc) is 2.85. The molecule has 0 atom stereocenters. The predicted molar refractivity (Wildman–Crippen MR) is 87.0 cm³/mol. The highest BCUT2D eigenvalue weighted by Crippen LogP contribution is 2.30. The van der Waals surface area contributed by atoms with Crippen molar-refractivity contribution in [2.75, 3.05) is 7.11 Å². The third-order valence-electron chi connectivity index (χ3n) is 3.41. The van der Waals surface area contributed by atoms with Gasteiger partial charge in [-0.1, -0.05) is 15.9 Å². The maximum atomic E-state index is 13.6. The van der Waals surface area contributed by atoms with Gasteiger partial charge in [-0.2, -0.15) is 0 Å². The van der Waals surface area contributed by atoms with E-state index in [4.69, 9.17) is 4.74 Å². The van der Waals surface area contributed by atoms with Crippen LogP contribution < -0.4 is 4.74 Å². The van der Waals surface area contributed by atoms with Crippen molar-refractivity contribution in [3.8, 4) is 17.1 Å². The van der Waals surface area contributed by atoms with Crippen molar-refractivity contribution in [1.29, 1.82) is 0 Å². The predicted octanol–water partition coefficient (Wildman–Crippen LogP) is 3.70. The first-order valence-corrected chi connectivity index (χ1v) is 7.50. The van der Waals surface area contributed by atoms with Crippen LogP contribution in [0.2, 0.25) is 0 Å². The van der Waals surface area contributed by atoms with Crippen LogP contribution in [0.15, 0.2) is 40.9 Å². The molecule has 0 saturated carbocycles. The second-order valence-electron chi connectivity index (χ2n) is 4.90. The number of carboxylic acids is 1. The Balaban J connectivity index is 2.25. The zero-order valence-corrected chi connectivity index (χ0v) is 13.7. The third kappa shape index (κ3) is 2.92. The normalized spacial score (nSPS) is 10.9. The van der Waals surface area contributed by atoms with E-state index in [-0.39, 0.29) is 12.3 Å². The highest BCUT2D eigenvalue weighted by Gasteiger charge is 2.16. The molecule has 118 valence electrons. The van der Waals surface area contributed by atoms with Gasteiger partial charge in [-0.3, -0.25) is 4.79 Å². The average molecular weight is 379 g/mol. The molecular formula is C16H12BrFN2O3. The summed E-state index contributed by atoms with van der Waals surface area (Å²) in [5.41, 5.74) is 1.92. The highest BCUT2D eigenvalue weighted by atomic mass is 79.9. The zero-order valence-electron chi connectivity index (χ0n) is 12.1. The summed E-state index contributed by atoms with van der Waals surface area (Å²) < 4.78 is 21.0. The quantitative estimate of drug-likeness (QED) is 0.751. The molecule has 3 aromatic rings. The van der Waals surface area contributed by atoms with E-state index in [2.05, 4.69) is 20.9 Å². The Labute approximate surface area is 139 Å². The largest absolute Gasteiger partial charge is 0.494 e. The van der Waals surface area contributed by atoms with Gasteiger partial charge in [-0.05, 0) is 36.4 Å². The number of carbonyl (C=O) groups is 1. The molecular weight excluding hydrogens is 367 g/mol. The molecule has 3 rings (SSSR count). The van der Waals surface area contributed by atoms with Crippen LogP contribution >= 0.6 is 15.9 Å². The maximum Gasteiger partial charge on any atom is 0.323 e. The lowest BCUT2D eigenvalue weighted by atomic mass is 10.2. The van der Waals surface area contributed by atoms with E-state index in [1.165, 1.54) is 19.2 Å². The summed E-state index contributed by atoms with van der Waals surface area (Å²) in [6.45, 7) is -0.243. The van der Waals surface area contributed by atoms with Gasteiger partial charge in [0, 0.05) is 10.0 Å². The van der Waals surface area contributed by atoms with Gasteiger partial charge in [0.05, 0.1) is 18.1 Å². The number of ether oxygens (including phenoxy) is 1. The first kappa shape index (κ1) is 15.5. The number of carboxylic acid groups (broad SMARTS) is 1. The number of rotatable bonds is 4. The van der Waals surface area contributed by atoms with Crippen LogP contribution in [0.25, 0.3) is 22.4 Å². The van der Waals surface area contributed by atoms with Crippen molar-refractivity contribution in [3.63, 3.8) is 0 Å². The molecule has 0 aliphatic rings. The number of hydrogen-bond acceptors (Lipinski definition) is 3. The van der Waals surface area contributed by atoms with Gasteiger partial charge >= 0.3 is 5.97 Å². The van der Waals surface area contributed by atoms with E-state index in [1.807, 2.05) is 6.07 Å². The molecule has 0 aliphatic heterocycles. The Hall–Kier alpha value is -2.41. The monoisotopic (exact) mass is 378 g/mol. The minimum atomic E-state index is -0.984. The molecule has 0 unspecified atom stereocenters. The molecule has 0 radical (unpaired) electrons. The summed E-state index contributed by atoms with van der Waals surface area (Å²) in [6.07, 6.45) is 0. The summed E-state index contributed by atoms with van der Waals surface area (Å²) in [6, 6.07) is 9.74. The Kier molecular flexibility index (Phi) is 4.04. The second kappa shape index (κ2) is 6.00. The fourth-order valence-corrected chi connectivity index (χ4v) is 2.77. The lowest BCUT2D eigenvalue weighted by Crippen LogP contribution is -2.10. The number of aromatic nitrogens is 2. The lowest BCUT2D eigenvalue weighted by molar-refractivity contribution is -0.137. The molecule has 0 amide bonds. The van der Waals surface area contributed by atoms with Crippen molar-refractivity contribution in [2.24, 2.45) is 0 Å². The van der Waals surface area contributed by atoms with Crippen molar-refractivity contribution >= 4 is 32.9 Å². The van der Waals surface area contributed by atoms with Crippen molar-refractivity contribution in [2.45, 2.75) is 6.54 Å². The van der Waals surface area contributed by atoms with E-state index in [0.29, 0.717) is 22.4 Å². The molecule has 2 aromatic carbocycles. The van der Waals surface area contributed by atoms with Gasteiger partial charge in [0.15, 0.2) is 11.6 Å². The molecule has 0 fully saturated rings. The fourth-order valence-electron chi connectivity index (χ4n) is 2.42. The van der Waals surface area contributed by atoms with Gasteiger partial charge in [0.2, 0.25) is 0 Å². The number of methoxy groups -OCH3 is 1. The number of aliphatic carboxylic acids is 1. The molecule has 0 spiro atoms. The van der Waals surface area contributed by atoms with Crippen LogP contribution in [-0.2, 0) is 11.3 Å². The number of nitrogens with zero attached hydrogens (tertiary/aromatic N) is 2. The molecule has 1 aromatic heterocycles. The molecule has 1 heterocycles. The van der Waals surface area contributed by atoms with Crippen LogP contribution in [0.4, 0.5) is 4.39 Å². The maximum absolute atomic E-state index is 13.6. The number of imidazole rings is 1. The zero-order chi connectivity index (χ0) is 16.6. The molecule has 0 bridgehead atoms. The number of fused-ring (bicyclic) bond motifs is 1. The Morgan fingerprint density at radius 2 is 2.13 bits per heavy atom. The standard InChI is InChI=1S/C16H12BrFN2O3/c1-23-14-6-9(2-4-11(14)18)16-19-12-7-10(17)3-5-13(12)20(16)8-15(21)22/h2-7H,8H2,1H3,(H,21,22). The Bertz CT molecular complexity index is 908. The van der Waals surface area contributed by atoms with Crippen molar-refractivity contribution in [1.82, 2.24) is 9.55 Å². The summed E-state index contributed by atoms with van der Waals surface area (Å²) in [4.78, 5) is 15.7. The Morgan fingerprint density at radius 3 is 2.83 bits per heavy atom. The van der Waals surface area contributed by atoms with Gasteiger partial charge in [0.25, 0.3) is 0 Å². The number of halogens is 2. The van der Waals surface area contributed by atoms with Crippen LogP contribution in [0.5, 0.6) is 5.75 Å². The first-order chi connectivity index (χ1) is 11.0. The van der Waals surface area contributed by atoms with Gasteiger partial charge < -0.3 is 14.4 Å². The molecule has 1 N–H and O–H groups in total. The third-order valence-corrected chi connectivity index (χ3v) is 3.91. The van der Waals surface area contributed by atoms with E-state index in [1.54, 1.807) is 22.8 Å². The van der Waals surface area contributed by atoms with E-state index in [0.717, 1.165) is 4.47 Å². The summed E-state index contributed by atoms with van der Waals surface area (Å²) in [5.74, 6) is -0.946. The van der Waals surface area contributed by atoms with Gasteiger partial charge in [0.1, 0.15) is 12.4 Å². The lowest BCUT2D eigenvalue weighted by Gasteiger charge is -2.08. The van der Waals surface area contributed by atoms with Gasteiger partial charge in [-0.15, -0.1) is 0 Å². The fraction of sp³-hybridized carbons (Fsp3) is 0.125. The van der Waals surface area contributed by atoms with Crippen LogP contribution in [0.1, 0.15) is 0 Å². The van der Waals surface area contributed by atoms with E-state index < -0.39 is 11.8 Å². The first-order valence-electron chi connectivity index (χ1n) is 6.71. The highest BCUT2D eigenvalue weighted by molar-refractivity contribution is 9.10. The topological polar surface area (TPSA) is 64.4 Å². The van der Waals surface area contributed by atoms with Crippen LogP contribution in [-0.4, -0.2) is 27.7 Å². The molecule has 7 heteroatoms. The van der Waals surface area contributed by atoms with Crippen LogP contribution in [0.3, 0.4) is 0 Å². The SMILES string of the molecule is COc1cc(-c2nc3cc(Br)ccc3n2CC(=O)O)ccc1F. The molecule has 0 saturated heterocycles. The van der Waals surface area contributed by atoms with Crippen molar-refractivity contribution in [3.05, 3.63) is 46.7 Å². The van der Waals surface area contributed by atoms with E-state index >= 15 is 0 Å². The van der Waals surface area contributed by atoms with E-state index in [9.17, 15) is 14.3 Å². The Morgan fingerprint density at radius 1 is 1.35 bits per heavy atom. The summed E-state index contributed by atoms with van der Waals surface area (Å²) in [5, 5.41) is 9.17. The molecule has 5 nitrogen and oxygen atoms in total. The second-order valence-corrected chi connectivity index (χ2v) is 5.81. The van der Waals surface area contributed by atoms with Crippen molar-refractivity contribution < 1.29 is 19.0 Å². The summed E-state index contributed by atoms with van der Waals surface area (Å²) in [7, 11) is 1.37. The number of hydrogen-bond donors (Lipinski definition) is 1. The van der Waals surface area contributed by atoms with Crippen LogP contribution in [0, 0.1) is 5.82 Å². The smallest absolute Gasteiger partial charge is 0.323 e. The minimum absolute atomic E-state index is 0.0811. The molecule has 23 heavy (non-hydrogen) atoms. The minimum Gasteiger partial charge on any atom is -0.494 e.